The van der Waals surface area contributed by atoms with E-state index in [1.54, 1.807) is 4.90 Å². The van der Waals surface area contributed by atoms with E-state index in [1.165, 1.54) is 12.1 Å². The smallest absolute Gasteiger partial charge is 0.319 e. The summed E-state index contributed by atoms with van der Waals surface area (Å²) in [5.41, 5.74) is -0.379. The minimum Gasteiger partial charge on any atom is -0.319 e. The Morgan fingerprint density at radius 2 is 1.90 bits per heavy atom. The second-order valence-corrected chi connectivity index (χ2v) is 5.32. The van der Waals surface area contributed by atoms with E-state index in [0.717, 1.165) is 12.1 Å². The van der Waals surface area contributed by atoms with Gasteiger partial charge in [0.15, 0.2) is 0 Å². The lowest BCUT2D eigenvalue weighted by Crippen LogP contribution is -2.57. The van der Waals surface area contributed by atoms with E-state index >= 15 is 0 Å². The minimum atomic E-state index is -4.37. The second-order valence-electron chi connectivity index (χ2n) is 5.32. The lowest BCUT2D eigenvalue weighted by atomic mass is 10.1. The molecule has 0 spiro atoms. The number of alkyl halides is 3. The van der Waals surface area contributed by atoms with Gasteiger partial charge in [-0.2, -0.15) is 13.2 Å². The predicted molar refractivity (Wildman–Crippen MR) is 74.1 cm³/mol. The van der Waals surface area contributed by atoms with Crippen molar-refractivity contribution in [3.63, 3.8) is 0 Å². The van der Waals surface area contributed by atoms with Crippen molar-refractivity contribution >= 4 is 11.7 Å². The molecule has 0 aromatic heterocycles. The Labute approximate surface area is 121 Å². The molecule has 21 heavy (non-hydrogen) atoms. The maximum atomic E-state index is 12.5. The molecule has 0 saturated carbocycles. The standard InChI is InChI=1S/C14H18F3N3O/c1-9-8-20(10(2)7-18-9)13(21)19-12-5-3-11(4-6-12)14(15,16)17/h3-6,9-10,18H,7-8H2,1-2H3,(H,19,21). The Bertz CT molecular complexity index is 501. The topological polar surface area (TPSA) is 44.4 Å². The Balaban J connectivity index is 2.02. The average Bonchev–Trinajstić information content (AvgIpc) is 2.41. The van der Waals surface area contributed by atoms with E-state index in [4.69, 9.17) is 0 Å². The van der Waals surface area contributed by atoms with Gasteiger partial charge in [-0.15, -0.1) is 0 Å². The third-order valence-corrected chi connectivity index (χ3v) is 3.49. The number of hydrogen-bond acceptors (Lipinski definition) is 2. The molecule has 2 rings (SSSR count). The third-order valence-electron chi connectivity index (χ3n) is 3.49. The van der Waals surface area contributed by atoms with Crippen molar-refractivity contribution < 1.29 is 18.0 Å². The first-order chi connectivity index (χ1) is 9.77. The first-order valence-electron chi connectivity index (χ1n) is 6.75. The molecule has 0 radical (unpaired) electrons. The number of carbonyl (C=O) groups is 1. The quantitative estimate of drug-likeness (QED) is 0.837. The van der Waals surface area contributed by atoms with Crippen LogP contribution in [0.4, 0.5) is 23.7 Å². The van der Waals surface area contributed by atoms with Crippen molar-refractivity contribution in [1.29, 1.82) is 0 Å². The molecule has 1 aromatic rings. The molecule has 0 bridgehead atoms. The summed E-state index contributed by atoms with van der Waals surface area (Å²) in [5.74, 6) is 0. The van der Waals surface area contributed by atoms with E-state index in [1.807, 2.05) is 13.8 Å². The fourth-order valence-corrected chi connectivity index (χ4v) is 2.24. The number of piperazine rings is 1. The van der Waals surface area contributed by atoms with Gasteiger partial charge in [-0.25, -0.2) is 4.79 Å². The molecule has 2 amide bonds. The van der Waals surface area contributed by atoms with Crippen molar-refractivity contribution in [1.82, 2.24) is 10.2 Å². The first kappa shape index (κ1) is 15.6. The number of halogens is 3. The molecule has 2 unspecified atom stereocenters. The van der Waals surface area contributed by atoms with E-state index < -0.39 is 11.7 Å². The molecular weight excluding hydrogens is 283 g/mol. The number of rotatable bonds is 1. The number of anilines is 1. The summed E-state index contributed by atoms with van der Waals surface area (Å²) in [4.78, 5) is 13.8. The first-order valence-corrected chi connectivity index (χ1v) is 6.75. The van der Waals surface area contributed by atoms with Crippen molar-refractivity contribution in [2.45, 2.75) is 32.1 Å². The fraction of sp³-hybridized carbons (Fsp3) is 0.500. The number of benzene rings is 1. The van der Waals surface area contributed by atoms with Gasteiger partial charge in [0.25, 0.3) is 0 Å². The van der Waals surface area contributed by atoms with Crippen molar-refractivity contribution in [3.05, 3.63) is 29.8 Å². The van der Waals surface area contributed by atoms with Crippen molar-refractivity contribution in [3.8, 4) is 0 Å². The molecule has 7 heteroatoms. The molecule has 1 aromatic carbocycles. The molecule has 4 nitrogen and oxygen atoms in total. The van der Waals surface area contributed by atoms with Gasteiger partial charge in [0, 0.05) is 30.9 Å². The average molecular weight is 301 g/mol. The minimum absolute atomic E-state index is 0.0376. The van der Waals surface area contributed by atoms with Crippen LogP contribution < -0.4 is 10.6 Å². The molecule has 1 saturated heterocycles. The lowest BCUT2D eigenvalue weighted by Gasteiger charge is -2.37. The van der Waals surface area contributed by atoms with Crippen LogP contribution in [0.15, 0.2) is 24.3 Å². The molecule has 2 N–H and O–H groups in total. The van der Waals surface area contributed by atoms with E-state index in [9.17, 15) is 18.0 Å². The lowest BCUT2D eigenvalue weighted by molar-refractivity contribution is -0.137. The monoisotopic (exact) mass is 301 g/mol. The highest BCUT2D eigenvalue weighted by Gasteiger charge is 2.30. The van der Waals surface area contributed by atoms with Crippen LogP contribution in [-0.2, 0) is 6.18 Å². The molecule has 1 aliphatic heterocycles. The van der Waals surface area contributed by atoms with Crippen LogP contribution in [0.25, 0.3) is 0 Å². The zero-order valence-electron chi connectivity index (χ0n) is 11.9. The van der Waals surface area contributed by atoms with Crippen LogP contribution in [-0.4, -0.2) is 36.1 Å². The van der Waals surface area contributed by atoms with Gasteiger partial charge < -0.3 is 15.5 Å². The molecule has 1 aliphatic rings. The zero-order valence-corrected chi connectivity index (χ0v) is 11.9. The Morgan fingerprint density at radius 1 is 1.29 bits per heavy atom. The predicted octanol–water partition coefficient (Wildman–Crippen LogP) is 2.92. The van der Waals surface area contributed by atoms with Gasteiger partial charge in [0.2, 0.25) is 0 Å². The summed E-state index contributed by atoms with van der Waals surface area (Å²) in [6.45, 7) is 5.16. The van der Waals surface area contributed by atoms with Gasteiger partial charge in [-0.1, -0.05) is 0 Å². The van der Waals surface area contributed by atoms with E-state index in [-0.39, 0.29) is 18.1 Å². The van der Waals surface area contributed by atoms with Gasteiger partial charge in [0.1, 0.15) is 0 Å². The van der Waals surface area contributed by atoms with Crippen LogP contribution in [0.3, 0.4) is 0 Å². The largest absolute Gasteiger partial charge is 0.416 e. The SMILES string of the molecule is CC1CN(C(=O)Nc2ccc(C(F)(F)F)cc2)C(C)CN1. The van der Waals surface area contributed by atoms with Crippen molar-refractivity contribution in [2.24, 2.45) is 0 Å². The molecule has 0 aliphatic carbocycles. The molecule has 2 atom stereocenters. The van der Waals surface area contributed by atoms with Crippen molar-refractivity contribution in [2.75, 3.05) is 18.4 Å². The summed E-state index contributed by atoms with van der Waals surface area (Å²) in [6.07, 6.45) is -4.37. The molecule has 1 heterocycles. The molecular formula is C14H18F3N3O. The zero-order chi connectivity index (χ0) is 15.6. The van der Waals surface area contributed by atoms with E-state index in [2.05, 4.69) is 10.6 Å². The maximum Gasteiger partial charge on any atom is 0.416 e. The molecule has 116 valence electrons. The second kappa shape index (κ2) is 5.93. The van der Waals surface area contributed by atoms with E-state index in [0.29, 0.717) is 18.8 Å². The van der Waals surface area contributed by atoms with Crippen LogP contribution in [0.5, 0.6) is 0 Å². The Hall–Kier alpha value is -1.76. The summed E-state index contributed by atoms with van der Waals surface area (Å²) in [7, 11) is 0. The summed E-state index contributed by atoms with van der Waals surface area (Å²) < 4.78 is 37.4. The van der Waals surface area contributed by atoms with Gasteiger partial charge in [-0.3, -0.25) is 0 Å². The Morgan fingerprint density at radius 3 is 2.48 bits per heavy atom. The fourth-order valence-electron chi connectivity index (χ4n) is 2.24. The molecule has 1 fully saturated rings. The number of nitrogens with zero attached hydrogens (tertiary/aromatic N) is 1. The third kappa shape index (κ3) is 3.87. The normalized spacial score (nSPS) is 23.0. The highest BCUT2D eigenvalue weighted by atomic mass is 19.4. The van der Waals surface area contributed by atoms with Crippen LogP contribution in [0, 0.1) is 0 Å². The summed E-state index contributed by atoms with van der Waals surface area (Å²) in [6, 6.07) is 4.37. The summed E-state index contributed by atoms with van der Waals surface area (Å²) in [5, 5.41) is 5.89. The number of urea groups is 1. The highest BCUT2D eigenvalue weighted by Crippen LogP contribution is 2.29. The Kier molecular flexibility index (Phi) is 4.41. The summed E-state index contributed by atoms with van der Waals surface area (Å²) >= 11 is 0. The van der Waals surface area contributed by atoms with Gasteiger partial charge in [0.05, 0.1) is 5.56 Å². The maximum absolute atomic E-state index is 12.5. The van der Waals surface area contributed by atoms with Crippen LogP contribution in [0.1, 0.15) is 19.4 Å². The number of nitrogens with one attached hydrogen (secondary N) is 2. The van der Waals surface area contributed by atoms with Crippen LogP contribution >= 0.6 is 0 Å². The highest BCUT2D eigenvalue weighted by molar-refractivity contribution is 5.89. The van der Waals surface area contributed by atoms with Gasteiger partial charge in [-0.05, 0) is 38.1 Å². The number of amides is 2. The number of hydrogen-bond donors (Lipinski definition) is 2. The van der Waals surface area contributed by atoms with Crippen LogP contribution in [0.2, 0.25) is 0 Å². The number of carbonyl (C=O) groups excluding carboxylic acids is 1. The van der Waals surface area contributed by atoms with Gasteiger partial charge >= 0.3 is 12.2 Å².